The number of amides is 2. The van der Waals surface area contributed by atoms with Crippen molar-refractivity contribution >= 4 is 17.5 Å². The molecule has 2 aliphatic rings. The molecule has 0 atom stereocenters. The van der Waals surface area contributed by atoms with Crippen LogP contribution in [-0.2, 0) is 0 Å². The monoisotopic (exact) mass is 332 g/mol. The van der Waals surface area contributed by atoms with Gasteiger partial charge in [-0.25, -0.2) is 10.0 Å². The van der Waals surface area contributed by atoms with E-state index in [1.807, 2.05) is 5.01 Å². The molecule has 3 rings (SSSR count). The van der Waals surface area contributed by atoms with Gasteiger partial charge in [-0.3, -0.25) is 9.59 Å². The highest BCUT2D eigenvalue weighted by molar-refractivity contribution is 6.21. The molecule has 0 radical (unpaired) electrons. The molecule has 0 aromatic heterocycles. The van der Waals surface area contributed by atoms with Crippen LogP contribution in [0.1, 0.15) is 20.7 Å². The Labute approximate surface area is 141 Å². The molecule has 5 N–H and O–H groups in total. The van der Waals surface area contributed by atoms with E-state index < -0.39 is 0 Å². The van der Waals surface area contributed by atoms with Crippen molar-refractivity contribution in [1.82, 2.24) is 26.0 Å². The molecule has 2 heterocycles. The van der Waals surface area contributed by atoms with Crippen molar-refractivity contribution in [3.63, 3.8) is 0 Å². The third-order valence-electron chi connectivity index (χ3n) is 4.22. The standard InChI is InChI=1S/C16H24N6O2/c17-12-1-2-13-14(11-12)16(24)22(15(13)23)21-9-7-19-5-3-18-4-6-20-8-10-21/h1-2,11,18-20H,3-10,17H2. The maximum atomic E-state index is 12.7. The number of carbonyl (C=O) groups excluding carboxylic acids is 2. The fourth-order valence-corrected chi connectivity index (χ4v) is 2.96. The van der Waals surface area contributed by atoms with Gasteiger partial charge < -0.3 is 21.7 Å². The molecule has 1 fully saturated rings. The fraction of sp³-hybridized carbons (Fsp3) is 0.500. The van der Waals surface area contributed by atoms with Gasteiger partial charge in [0.25, 0.3) is 11.8 Å². The number of benzene rings is 1. The molecule has 130 valence electrons. The smallest absolute Gasteiger partial charge is 0.276 e. The van der Waals surface area contributed by atoms with E-state index in [1.54, 1.807) is 18.2 Å². The van der Waals surface area contributed by atoms with Gasteiger partial charge in [0, 0.05) is 58.0 Å². The Morgan fingerprint density at radius 2 is 1.33 bits per heavy atom. The lowest BCUT2D eigenvalue weighted by Crippen LogP contribution is -2.51. The SMILES string of the molecule is Nc1ccc2c(c1)C(=O)N(N1CCNCCNCCNCC1)C2=O. The molecular formula is C16H24N6O2. The van der Waals surface area contributed by atoms with E-state index in [4.69, 9.17) is 5.73 Å². The predicted octanol–water partition coefficient (Wildman–Crippen LogP) is -1.14. The van der Waals surface area contributed by atoms with Crippen molar-refractivity contribution in [1.29, 1.82) is 0 Å². The quantitative estimate of drug-likeness (QED) is 0.381. The molecule has 24 heavy (non-hydrogen) atoms. The number of rotatable bonds is 1. The Morgan fingerprint density at radius 3 is 1.96 bits per heavy atom. The number of nitrogen functional groups attached to an aromatic ring is 1. The highest BCUT2D eigenvalue weighted by Crippen LogP contribution is 2.26. The van der Waals surface area contributed by atoms with E-state index in [1.165, 1.54) is 5.01 Å². The second kappa shape index (κ2) is 7.71. The predicted molar refractivity (Wildman–Crippen MR) is 91.5 cm³/mol. The summed E-state index contributed by atoms with van der Waals surface area (Å²) in [5, 5.41) is 13.1. The summed E-state index contributed by atoms with van der Waals surface area (Å²) in [5.41, 5.74) is 7.05. The van der Waals surface area contributed by atoms with Gasteiger partial charge in [-0.15, -0.1) is 0 Å². The molecule has 8 nitrogen and oxygen atoms in total. The van der Waals surface area contributed by atoms with Crippen LogP contribution in [0, 0.1) is 0 Å². The van der Waals surface area contributed by atoms with Crippen LogP contribution in [0.2, 0.25) is 0 Å². The Kier molecular flexibility index (Phi) is 5.41. The normalized spacial score (nSPS) is 21.2. The summed E-state index contributed by atoms with van der Waals surface area (Å²) < 4.78 is 0. The number of nitrogens with two attached hydrogens (primary N) is 1. The number of imide groups is 1. The van der Waals surface area contributed by atoms with Crippen LogP contribution in [0.4, 0.5) is 5.69 Å². The van der Waals surface area contributed by atoms with Crippen molar-refractivity contribution in [2.75, 3.05) is 58.1 Å². The number of carbonyl (C=O) groups is 2. The lowest BCUT2D eigenvalue weighted by Gasteiger charge is -2.30. The Bertz CT molecular complexity index is 609. The van der Waals surface area contributed by atoms with Crippen molar-refractivity contribution in [2.45, 2.75) is 0 Å². The second-order valence-electron chi connectivity index (χ2n) is 5.93. The van der Waals surface area contributed by atoms with Crippen LogP contribution in [-0.4, -0.2) is 74.2 Å². The number of hydrazine groups is 1. The number of nitrogens with zero attached hydrogens (tertiary/aromatic N) is 2. The Hall–Kier alpha value is -2.00. The molecule has 0 saturated carbocycles. The fourth-order valence-electron chi connectivity index (χ4n) is 2.96. The minimum atomic E-state index is -0.295. The first-order chi connectivity index (χ1) is 11.7. The van der Waals surface area contributed by atoms with Gasteiger partial charge in [-0.2, -0.15) is 0 Å². The summed E-state index contributed by atoms with van der Waals surface area (Å²) in [6, 6.07) is 4.86. The topological polar surface area (TPSA) is 103 Å². The number of nitrogens with one attached hydrogen (secondary N) is 3. The first kappa shape index (κ1) is 16.8. The molecule has 0 unspecified atom stereocenters. The molecule has 0 aliphatic carbocycles. The molecular weight excluding hydrogens is 308 g/mol. The van der Waals surface area contributed by atoms with Crippen molar-refractivity contribution < 1.29 is 9.59 Å². The van der Waals surface area contributed by atoms with Gasteiger partial charge in [0.05, 0.1) is 11.1 Å². The maximum absolute atomic E-state index is 12.7. The van der Waals surface area contributed by atoms with Crippen LogP contribution in [0.5, 0.6) is 0 Å². The van der Waals surface area contributed by atoms with E-state index in [9.17, 15) is 9.59 Å². The zero-order valence-electron chi connectivity index (χ0n) is 13.7. The van der Waals surface area contributed by atoms with E-state index in [0.717, 1.165) is 26.2 Å². The maximum Gasteiger partial charge on any atom is 0.276 e. The first-order valence-electron chi connectivity index (χ1n) is 8.34. The number of hydrogen-bond acceptors (Lipinski definition) is 7. The minimum Gasteiger partial charge on any atom is -0.399 e. The summed E-state index contributed by atoms with van der Waals surface area (Å²) in [5.74, 6) is -0.570. The molecule has 1 saturated heterocycles. The number of fused-ring (bicyclic) bond motifs is 1. The molecule has 0 bridgehead atoms. The molecule has 8 heteroatoms. The molecule has 2 aliphatic heterocycles. The van der Waals surface area contributed by atoms with Crippen LogP contribution in [0.3, 0.4) is 0 Å². The van der Waals surface area contributed by atoms with E-state index in [-0.39, 0.29) is 11.8 Å². The number of hydrogen-bond donors (Lipinski definition) is 4. The zero-order valence-corrected chi connectivity index (χ0v) is 13.7. The van der Waals surface area contributed by atoms with E-state index in [0.29, 0.717) is 43.0 Å². The Morgan fingerprint density at radius 1 is 0.792 bits per heavy atom. The highest BCUT2D eigenvalue weighted by Gasteiger charge is 2.39. The second-order valence-corrected chi connectivity index (χ2v) is 5.93. The molecule has 1 aromatic rings. The zero-order chi connectivity index (χ0) is 16.9. The third kappa shape index (κ3) is 3.57. The van der Waals surface area contributed by atoms with Crippen LogP contribution >= 0.6 is 0 Å². The molecule has 0 spiro atoms. The Balaban J connectivity index is 1.75. The van der Waals surface area contributed by atoms with Gasteiger partial charge in [0.1, 0.15) is 0 Å². The van der Waals surface area contributed by atoms with Crippen molar-refractivity contribution in [2.24, 2.45) is 0 Å². The average Bonchev–Trinajstić information content (AvgIpc) is 2.79. The summed E-state index contributed by atoms with van der Waals surface area (Å²) in [6.07, 6.45) is 0. The third-order valence-corrected chi connectivity index (χ3v) is 4.22. The van der Waals surface area contributed by atoms with Crippen LogP contribution < -0.4 is 21.7 Å². The average molecular weight is 332 g/mol. The summed E-state index contributed by atoms with van der Waals surface area (Å²) in [4.78, 5) is 25.4. The lowest BCUT2D eigenvalue weighted by atomic mass is 10.1. The summed E-state index contributed by atoms with van der Waals surface area (Å²) in [7, 11) is 0. The first-order valence-corrected chi connectivity index (χ1v) is 8.34. The van der Waals surface area contributed by atoms with Gasteiger partial charge in [0.15, 0.2) is 0 Å². The van der Waals surface area contributed by atoms with Crippen LogP contribution in [0.15, 0.2) is 18.2 Å². The largest absolute Gasteiger partial charge is 0.399 e. The van der Waals surface area contributed by atoms with Crippen LogP contribution in [0.25, 0.3) is 0 Å². The molecule has 1 aromatic carbocycles. The van der Waals surface area contributed by atoms with Crippen molar-refractivity contribution in [3.05, 3.63) is 29.3 Å². The number of anilines is 1. The van der Waals surface area contributed by atoms with Gasteiger partial charge >= 0.3 is 0 Å². The minimum absolute atomic E-state index is 0.274. The van der Waals surface area contributed by atoms with Gasteiger partial charge in [-0.05, 0) is 18.2 Å². The lowest BCUT2D eigenvalue weighted by molar-refractivity contribution is 0.00241. The van der Waals surface area contributed by atoms with Gasteiger partial charge in [-0.1, -0.05) is 0 Å². The van der Waals surface area contributed by atoms with Gasteiger partial charge in [0.2, 0.25) is 0 Å². The molecule has 2 amide bonds. The van der Waals surface area contributed by atoms with Crippen molar-refractivity contribution in [3.8, 4) is 0 Å². The van der Waals surface area contributed by atoms with E-state index in [2.05, 4.69) is 16.0 Å². The summed E-state index contributed by atoms with van der Waals surface area (Å²) in [6.45, 7) is 6.08. The highest BCUT2D eigenvalue weighted by atomic mass is 16.2. The summed E-state index contributed by atoms with van der Waals surface area (Å²) >= 11 is 0. The van der Waals surface area contributed by atoms with E-state index >= 15 is 0 Å².